The van der Waals surface area contributed by atoms with Gasteiger partial charge in [0.25, 0.3) is 0 Å². The van der Waals surface area contributed by atoms with Crippen molar-refractivity contribution in [3.63, 3.8) is 0 Å². The van der Waals surface area contributed by atoms with Crippen LogP contribution in [-0.4, -0.2) is 33.6 Å². The summed E-state index contributed by atoms with van der Waals surface area (Å²) in [4.78, 5) is 12.5. The van der Waals surface area contributed by atoms with E-state index in [0.717, 1.165) is 58.8 Å². The van der Waals surface area contributed by atoms with Gasteiger partial charge in [0.2, 0.25) is 0 Å². The van der Waals surface area contributed by atoms with Crippen molar-refractivity contribution in [3.05, 3.63) is 65.9 Å². The van der Waals surface area contributed by atoms with Gasteiger partial charge >= 0.3 is 0 Å². The zero-order valence-electron chi connectivity index (χ0n) is 16.7. The monoisotopic (exact) mass is 392 g/mol. The number of para-hydroxylation sites is 2. The van der Waals surface area contributed by atoms with Crippen molar-refractivity contribution in [2.45, 2.75) is 19.9 Å². The number of halogens is 1. The van der Waals surface area contributed by atoms with Crippen LogP contribution in [0.1, 0.15) is 18.3 Å². The quantitative estimate of drug-likeness (QED) is 0.347. The molecule has 0 aliphatic carbocycles. The summed E-state index contributed by atoms with van der Waals surface area (Å²) in [5.74, 6) is 1.44. The Bertz CT molecular complexity index is 1160. The summed E-state index contributed by atoms with van der Waals surface area (Å²) >= 11 is 0. The van der Waals surface area contributed by atoms with E-state index in [-0.39, 0.29) is 5.82 Å². The van der Waals surface area contributed by atoms with Crippen LogP contribution < -0.4 is 10.6 Å². The van der Waals surface area contributed by atoms with Gasteiger partial charge in [-0.3, -0.25) is 0 Å². The predicted octanol–water partition coefficient (Wildman–Crippen LogP) is 3.49. The molecule has 0 unspecified atom stereocenters. The summed E-state index contributed by atoms with van der Waals surface area (Å²) in [6.45, 7) is 4.03. The normalized spacial score (nSPS) is 12.0. The molecule has 0 amide bonds. The highest BCUT2D eigenvalue weighted by Crippen LogP contribution is 2.19. The molecule has 0 radical (unpaired) electrons. The van der Waals surface area contributed by atoms with Crippen LogP contribution in [0.4, 0.5) is 4.39 Å². The number of aliphatic imine (C=N–C) groups is 1. The third-order valence-electron chi connectivity index (χ3n) is 5.02. The molecular weight excluding hydrogens is 367 g/mol. The van der Waals surface area contributed by atoms with E-state index in [1.54, 1.807) is 0 Å². The molecule has 0 spiro atoms. The number of H-pyrrole nitrogens is 1. The summed E-state index contributed by atoms with van der Waals surface area (Å²) in [6.07, 6.45) is 2.75. The van der Waals surface area contributed by atoms with Crippen LogP contribution in [0.3, 0.4) is 0 Å². The molecule has 29 heavy (non-hydrogen) atoms. The Labute approximate surface area is 168 Å². The number of guanidine groups is 1. The highest BCUT2D eigenvalue weighted by Gasteiger charge is 2.08. The van der Waals surface area contributed by atoms with Crippen molar-refractivity contribution in [1.82, 2.24) is 25.2 Å². The van der Waals surface area contributed by atoms with Crippen molar-refractivity contribution >= 4 is 27.9 Å². The van der Waals surface area contributed by atoms with Crippen LogP contribution in [-0.2, 0) is 20.0 Å². The molecule has 0 saturated carbocycles. The lowest BCUT2D eigenvalue weighted by atomic mass is 10.1. The molecule has 0 saturated heterocycles. The van der Waals surface area contributed by atoms with Gasteiger partial charge < -0.3 is 20.2 Å². The Morgan fingerprint density at radius 2 is 2.07 bits per heavy atom. The van der Waals surface area contributed by atoms with Gasteiger partial charge in [0.05, 0.1) is 11.0 Å². The number of aryl methyl sites for hydroxylation is 1. The van der Waals surface area contributed by atoms with Gasteiger partial charge in [0.1, 0.15) is 18.2 Å². The summed E-state index contributed by atoms with van der Waals surface area (Å²) in [5, 5.41) is 7.70. The molecule has 0 aliphatic heterocycles. The lowest BCUT2D eigenvalue weighted by molar-refractivity contribution is 0.629. The van der Waals surface area contributed by atoms with Crippen molar-refractivity contribution in [3.8, 4) is 0 Å². The van der Waals surface area contributed by atoms with Crippen molar-refractivity contribution < 1.29 is 4.39 Å². The number of aromatic nitrogens is 3. The van der Waals surface area contributed by atoms with Crippen LogP contribution in [0.5, 0.6) is 0 Å². The third-order valence-corrected chi connectivity index (χ3v) is 5.02. The molecule has 2 aromatic heterocycles. The maximum atomic E-state index is 13.3. The number of benzene rings is 2. The van der Waals surface area contributed by atoms with E-state index in [4.69, 9.17) is 0 Å². The van der Waals surface area contributed by atoms with Gasteiger partial charge in [-0.15, -0.1) is 0 Å². The topological polar surface area (TPSA) is 70.0 Å². The molecular formula is C22H25FN6. The number of fused-ring (bicyclic) bond motifs is 2. The second-order valence-electron chi connectivity index (χ2n) is 6.95. The van der Waals surface area contributed by atoms with Crippen LogP contribution in [0.2, 0.25) is 0 Å². The van der Waals surface area contributed by atoms with E-state index < -0.39 is 0 Å². The largest absolute Gasteiger partial charge is 0.361 e. The minimum absolute atomic E-state index is 0.229. The first-order valence-electron chi connectivity index (χ1n) is 9.83. The molecule has 0 atom stereocenters. The molecule has 6 nitrogen and oxygen atoms in total. The maximum Gasteiger partial charge on any atom is 0.191 e. The van der Waals surface area contributed by atoms with Gasteiger partial charge in [-0.25, -0.2) is 14.4 Å². The number of hydrogen-bond acceptors (Lipinski definition) is 2. The second-order valence-corrected chi connectivity index (χ2v) is 6.95. The number of nitrogens with one attached hydrogen (secondary N) is 3. The zero-order chi connectivity index (χ0) is 20.2. The van der Waals surface area contributed by atoms with Crippen LogP contribution >= 0.6 is 0 Å². The summed E-state index contributed by atoms with van der Waals surface area (Å²) in [7, 11) is 2.01. The molecule has 2 aromatic carbocycles. The number of imidazole rings is 1. The smallest absolute Gasteiger partial charge is 0.191 e. The summed E-state index contributed by atoms with van der Waals surface area (Å²) in [5.41, 5.74) is 4.06. The van der Waals surface area contributed by atoms with E-state index in [1.165, 1.54) is 12.1 Å². The molecule has 0 aliphatic rings. The number of hydrogen-bond donors (Lipinski definition) is 3. The SMILES string of the molecule is CCNC(=NCc1nc2ccccc2n1C)NCCc1c[nH]c2cc(F)ccc12. The number of aromatic amines is 1. The fourth-order valence-corrected chi connectivity index (χ4v) is 3.51. The molecule has 4 aromatic rings. The Morgan fingerprint density at radius 1 is 1.21 bits per heavy atom. The van der Waals surface area contributed by atoms with E-state index in [1.807, 2.05) is 44.4 Å². The Kier molecular flexibility index (Phi) is 5.46. The van der Waals surface area contributed by atoms with Gasteiger partial charge in [-0.1, -0.05) is 12.1 Å². The van der Waals surface area contributed by atoms with Crippen molar-refractivity contribution in [1.29, 1.82) is 0 Å². The molecule has 0 bridgehead atoms. The highest BCUT2D eigenvalue weighted by atomic mass is 19.1. The maximum absolute atomic E-state index is 13.3. The van der Waals surface area contributed by atoms with Crippen LogP contribution in [0, 0.1) is 5.82 Å². The fourth-order valence-electron chi connectivity index (χ4n) is 3.51. The molecule has 3 N–H and O–H groups in total. The van der Waals surface area contributed by atoms with E-state index in [2.05, 4.69) is 36.2 Å². The standard InChI is InChI=1S/C22H25FN6/c1-3-24-22(27-14-21-28-18-6-4-5-7-20(18)29(21)2)25-11-10-15-13-26-19-12-16(23)8-9-17(15)19/h4-9,12-13,26H,3,10-11,14H2,1-2H3,(H2,24,25,27). The van der Waals surface area contributed by atoms with E-state index >= 15 is 0 Å². The molecule has 4 rings (SSSR count). The predicted molar refractivity (Wildman–Crippen MR) is 115 cm³/mol. The van der Waals surface area contributed by atoms with Crippen LogP contribution in [0.15, 0.2) is 53.7 Å². The van der Waals surface area contributed by atoms with Gasteiger partial charge in [-0.05, 0) is 49.2 Å². The number of nitrogens with zero attached hydrogens (tertiary/aromatic N) is 3. The minimum Gasteiger partial charge on any atom is -0.361 e. The lowest BCUT2D eigenvalue weighted by Gasteiger charge is -2.11. The Morgan fingerprint density at radius 3 is 2.90 bits per heavy atom. The van der Waals surface area contributed by atoms with Crippen molar-refractivity contribution in [2.75, 3.05) is 13.1 Å². The van der Waals surface area contributed by atoms with E-state index in [9.17, 15) is 4.39 Å². The second kappa shape index (κ2) is 8.34. The zero-order valence-corrected chi connectivity index (χ0v) is 16.7. The average molecular weight is 392 g/mol. The number of rotatable bonds is 6. The molecule has 2 heterocycles. The highest BCUT2D eigenvalue weighted by molar-refractivity contribution is 5.83. The van der Waals surface area contributed by atoms with Gasteiger partial charge in [-0.2, -0.15) is 0 Å². The third kappa shape index (κ3) is 4.08. The first-order valence-corrected chi connectivity index (χ1v) is 9.83. The Hall–Kier alpha value is -3.35. The first-order chi connectivity index (χ1) is 14.2. The minimum atomic E-state index is -0.229. The molecule has 7 heteroatoms. The Balaban J connectivity index is 1.42. The molecule has 150 valence electrons. The van der Waals surface area contributed by atoms with Gasteiger partial charge in [0, 0.05) is 37.2 Å². The van der Waals surface area contributed by atoms with Crippen LogP contribution in [0.25, 0.3) is 21.9 Å². The lowest BCUT2D eigenvalue weighted by Crippen LogP contribution is -2.38. The average Bonchev–Trinajstić information content (AvgIpc) is 3.27. The summed E-state index contributed by atoms with van der Waals surface area (Å²) < 4.78 is 15.4. The fraction of sp³-hybridized carbons (Fsp3) is 0.273. The first kappa shape index (κ1) is 19.0. The molecule has 0 fully saturated rings. The van der Waals surface area contributed by atoms with E-state index in [0.29, 0.717) is 6.54 Å². The summed E-state index contributed by atoms with van der Waals surface area (Å²) in [6, 6.07) is 12.9. The van der Waals surface area contributed by atoms with Gasteiger partial charge in [0.15, 0.2) is 5.96 Å². The van der Waals surface area contributed by atoms with Crippen molar-refractivity contribution in [2.24, 2.45) is 12.0 Å².